The molecule has 0 saturated heterocycles. The van der Waals surface area contributed by atoms with Crippen molar-refractivity contribution in [2.75, 3.05) is 23.1 Å². The van der Waals surface area contributed by atoms with Crippen LogP contribution < -0.4 is 9.62 Å². The van der Waals surface area contributed by atoms with Crippen molar-refractivity contribution in [3.63, 3.8) is 0 Å². The number of hydrogen-bond donors (Lipinski definition) is 1. The monoisotopic (exact) mass is 398 g/mol. The number of amides is 1. The number of hydrogen-bond acceptors (Lipinski definition) is 4. The molecule has 0 spiro atoms. The summed E-state index contributed by atoms with van der Waals surface area (Å²) in [5.41, 5.74) is 0.567. The smallest absolute Gasteiger partial charge is 0.265 e. The Morgan fingerprint density at radius 1 is 0.963 bits per heavy atom. The fraction of sp³-hybridized carbons (Fsp3) is 0.150. The first-order chi connectivity index (χ1) is 13.1. The number of rotatable bonds is 6. The second-order valence-corrected chi connectivity index (χ2v) is 9.15. The van der Waals surface area contributed by atoms with Gasteiger partial charge in [-0.2, -0.15) is 0 Å². The minimum atomic E-state index is -3.70. The summed E-state index contributed by atoms with van der Waals surface area (Å²) in [5.74, 6) is 0.412. The van der Waals surface area contributed by atoms with Crippen molar-refractivity contribution >= 4 is 44.2 Å². The number of nitrogens with one attached hydrogen (secondary N) is 1. The summed E-state index contributed by atoms with van der Waals surface area (Å²) < 4.78 is 26.9. The van der Waals surface area contributed by atoms with Gasteiger partial charge in [0.2, 0.25) is 5.91 Å². The van der Waals surface area contributed by atoms with E-state index in [4.69, 9.17) is 0 Å². The van der Waals surface area contributed by atoms with Gasteiger partial charge in [-0.15, -0.1) is 11.8 Å². The van der Waals surface area contributed by atoms with Gasteiger partial charge >= 0.3 is 0 Å². The van der Waals surface area contributed by atoms with Crippen LogP contribution in [0.3, 0.4) is 0 Å². The highest BCUT2D eigenvalue weighted by molar-refractivity contribution is 7.99. The first-order valence-corrected chi connectivity index (χ1v) is 11.0. The number of anilines is 1. The van der Waals surface area contributed by atoms with Crippen LogP contribution in [0.4, 0.5) is 5.69 Å². The molecular weight excluding hydrogens is 380 g/mol. The summed E-state index contributed by atoms with van der Waals surface area (Å²) in [6.45, 7) is 0.259. The van der Waals surface area contributed by atoms with Crippen molar-refractivity contribution in [2.24, 2.45) is 0 Å². The van der Waals surface area contributed by atoms with Gasteiger partial charge in [-0.05, 0) is 29.7 Å². The van der Waals surface area contributed by atoms with Gasteiger partial charge in [0, 0.05) is 22.6 Å². The predicted molar refractivity (Wildman–Crippen MR) is 109 cm³/mol. The van der Waals surface area contributed by atoms with E-state index >= 15 is 0 Å². The van der Waals surface area contributed by atoms with E-state index in [0.717, 1.165) is 16.0 Å². The van der Waals surface area contributed by atoms with E-state index in [2.05, 4.69) is 5.32 Å². The minimum Gasteiger partial charge on any atom is -0.354 e. The Labute approximate surface area is 162 Å². The second-order valence-electron chi connectivity index (χ2n) is 6.15. The molecule has 3 aromatic rings. The van der Waals surface area contributed by atoms with E-state index in [1.165, 1.54) is 4.31 Å². The van der Waals surface area contributed by atoms with Gasteiger partial charge in [-0.25, -0.2) is 8.42 Å². The average molecular weight is 399 g/mol. The molecule has 7 heteroatoms. The van der Waals surface area contributed by atoms with Crippen LogP contribution in [-0.2, 0) is 14.8 Å². The second kappa shape index (κ2) is 7.25. The van der Waals surface area contributed by atoms with Crippen LogP contribution in [0.25, 0.3) is 10.8 Å². The normalized spacial score (nSPS) is 14.4. The molecule has 0 fully saturated rings. The number of thioether (sulfide) groups is 1. The molecule has 27 heavy (non-hydrogen) atoms. The molecule has 1 aliphatic rings. The molecule has 5 nitrogen and oxygen atoms in total. The fourth-order valence-corrected chi connectivity index (χ4v) is 5.65. The van der Waals surface area contributed by atoms with Crippen LogP contribution in [-0.4, -0.2) is 33.2 Å². The first kappa shape index (κ1) is 17.9. The largest absolute Gasteiger partial charge is 0.354 e. The summed E-state index contributed by atoms with van der Waals surface area (Å²) in [6.07, 6.45) is 0. The Balaban J connectivity index is 1.42. The maximum Gasteiger partial charge on any atom is 0.265 e. The molecule has 0 bridgehead atoms. The van der Waals surface area contributed by atoms with Crippen LogP contribution in [0, 0.1) is 0 Å². The highest BCUT2D eigenvalue weighted by Gasteiger charge is 2.36. The van der Waals surface area contributed by atoms with E-state index in [1.807, 2.05) is 48.5 Å². The van der Waals surface area contributed by atoms with E-state index in [9.17, 15) is 13.2 Å². The minimum absolute atomic E-state index is 0.216. The van der Waals surface area contributed by atoms with Gasteiger partial charge in [-0.1, -0.05) is 42.5 Å². The van der Waals surface area contributed by atoms with Crippen molar-refractivity contribution < 1.29 is 13.2 Å². The van der Waals surface area contributed by atoms with E-state index < -0.39 is 10.0 Å². The molecule has 0 saturated carbocycles. The molecule has 0 radical (unpaired) electrons. The van der Waals surface area contributed by atoms with Crippen LogP contribution in [0.15, 0.2) is 76.5 Å². The Morgan fingerprint density at radius 2 is 1.70 bits per heavy atom. The molecule has 3 aromatic carbocycles. The fourth-order valence-electron chi connectivity index (χ4n) is 3.19. The Morgan fingerprint density at radius 3 is 2.48 bits per heavy atom. The van der Waals surface area contributed by atoms with Gasteiger partial charge in [0.15, 0.2) is 0 Å². The average Bonchev–Trinajstić information content (AvgIpc) is 2.90. The summed E-state index contributed by atoms with van der Waals surface area (Å²) in [5, 5.41) is 4.36. The maximum atomic E-state index is 12.9. The van der Waals surface area contributed by atoms with Crippen molar-refractivity contribution in [3.8, 4) is 0 Å². The van der Waals surface area contributed by atoms with E-state index in [0.29, 0.717) is 17.6 Å². The standard InChI is InChI=1S/C20H18N2O3S2/c23-19(21-12-13-26-16-8-2-1-3-9-16)14-22-17-10-4-6-15-7-5-11-18(20(15)17)27(22,24)25/h1-11H,12-14H2,(H,21,23). The molecular formula is C20H18N2O3S2. The number of benzene rings is 3. The van der Waals surface area contributed by atoms with Crippen molar-refractivity contribution in [1.29, 1.82) is 0 Å². The third kappa shape index (κ3) is 3.40. The van der Waals surface area contributed by atoms with Crippen LogP contribution in [0.1, 0.15) is 0 Å². The zero-order chi connectivity index (χ0) is 18.9. The summed E-state index contributed by atoms with van der Waals surface area (Å²) >= 11 is 1.64. The van der Waals surface area contributed by atoms with Gasteiger partial charge in [0.1, 0.15) is 6.54 Å². The SMILES string of the molecule is O=C(CN1c2cccc3cccc(c23)S1(=O)=O)NCCSc1ccccc1. The lowest BCUT2D eigenvalue weighted by atomic mass is 10.1. The molecule has 1 N–H and O–H groups in total. The van der Waals surface area contributed by atoms with Gasteiger partial charge in [0.05, 0.1) is 10.6 Å². The van der Waals surface area contributed by atoms with Gasteiger partial charge in [-0.3, -0.25) is 9.10 Å². The third-order valence-electron chi connectivity index (χ3n) is 4.40. The molecule has 0 aromatic heterocycles. The lowest BCUT2D eigenvalue weighted by molar-refractivity contribution is -0.119. The lowest BCUT2D eigenvalue weighted by Crippen LogP contribution is -2.39. The topological polar surface area (TPSA) is 66.5 Å². The van der Waals surface area contributed by atoms with Gasteiger partial charge < -0.3 is 5.32 Å². The summed E-state index contributed by atoms with van der Waals surface area (Å²) in [7, 11) is -3.70. The lowest BCUT2D eigenvalue weighted by Gasteiger charge is -2.18. The molecule has 0 unspecified atom stereocenters. The van der Waals surface area contributed by atoms with E-state index in [-0.39, 0.29) is 17.3 Å². The highest BCUT2D eigenvalue weighted by Crippen LogP contribution is 2.41. The van der Waals surface area contributed by atoms with Gasteiger partial charge in [0.25, 0.3) is 10.0 Å². The summed E-state index contributed by atoms with van der Waals surface area (Å²) in [4.78, 5) is 13.7. The van der Waals surface area contributed by atoms with Crippen LogP contribution in [0.5, 0.6) is 0 Å². The summed E-state index contributed by atoms with van der Waals surface area (Å²) in [6, 6.07) is 20.6. The Bertz CT molecular complexity index is 1090. The molecule has 4 rings (SSSR count). The number of sulfonamides is 1. The number of nitrogens with zero attached hydrogens (tertiary/aromatic N) is 1. The van der Waals surface area contributed by atoms with Crippen LogP contribution in [0.2, 0.25) is 0 Å². The van der Waals surface area contributed by atoms with E-state index in [1.54, 1.807) is 30.0 Å². The van der Waals surface area contributed by atoms with Crippen molar-refractivity contribution in [1.82, 2.24) is 5.32 Å². The molecule has 1 heterocycles. The Hall–Kier alpha value is -2.51. The molecule has 1 amide bonds. The number of carbonyl (C=O) groups excluding carboxylic acids is 1. The number of carbonyl (C=O) groups is 1. The third-order valence-corrected chi connectivity index (χ3v) is 7.22. The molecule has 0 atom stereocenters. The first-order valence-electron chi connectivity index (χ1n) is 8.56. The van der Waals surface area contributed by atoms with Crippen LogP contribution >= 0.6 is 11.8 Å². The Kier molecular flexibility index (Phi) is 4.80. The predicted octanol–water partition coefficient (Wildman–Crippen LogP) is 3.26. The zero-order valence-corrected chi connectivity index (χ0v) is 16.1. The molecule has 1 aliphatic heterocycles. The highest BCUT2D eigenvalue weighted by atomic mass is 32.2. The molecule has 138 valence electrons. The van der Waals surface area contributed by atoms with Crippen molar-refractivity contribution in [3.05, 3.63) is 66.7 Å². The molecule has 0 aliphatic carbocycles. The maximum absolute atomic E-state index is 12.9. The zero-order valence-electron chi connectivity index (χ0n) is 14.5. The van der Waals surface area contributed by atoms with Crippen molar-refractivity contribution in [2.45, 2.75) is 9.79 Å². The quantitative estimate of drug-likeness (QED) is 0.511.